The summed E-state index contributed by atoms with van der Waals surface area (Å²) in [5, 5.41) is 3.70. The number of hydrogen-bond acceptors (Lipinski definition) is 4. The first-order valence-electron chi connectivity index (χ1n) is 10.3. The van der Waals surface area contributed by atoms with Gasteiger partial charge in [-0.1, -0.05) is 41.1 Å². The van der Waals surface area contributed by atoms with Crippen LogP contribution in [0.5, 0.6) is 0 Å². The SMILES string of the molecule is CC(NC(=O)N(C)C1CCN(C)CC1)c1ccc(C#Cc2ccc(C(N)=O)s2)c(Cl)c1Cl. The van der Waals surface area contributed by atoms with Crippen molar-refractivity contribution in [3.05, 3.63) is 55.2 Å². The molecule has 3 amide bonds. The molecule has 0 spiro atoms. The number of benzene rings is 1. The summed E-state index contributed by atoms with van der Waals surface area (Å²) in [6, 6.07) is 6.75. The number of carbonyl (C=O) groups is 2. The molecule has 170 valence electrons. The lowest BCUT2D eigenvalue weighted by Crippen LogP contribution is -2.48. The van der Waals surface area contributed by atoms with E-state index in [9.17, 15) is 9.59 Å². The van der Waals surface area contributed by atoms with Gasteiger partial charge in [-0.3, -0.25) is 4.79 Å². The number of likely N-dealkylation sites (tertiary alicyclic amines) is 1. The molecule has 2 heterocycles. The van der Waals surface area contributed by atoms with Crippen LogP contribution in [0.4, 0.5) is 4.79 Å². The van der Waals surface area contributed by atoms with Crippen LogP contribution in [0.1, 0.15) is 51.5 Å². The Morgan fingerprint density at radius 3 is 2.50 bits per heavy atom. The summed E-state index contributed by atoms with van der Waals surface area (Å²) < 4.78 is 0. The van der Waals surface area contributed by atoms with E-state index in [2.05, 4.69) is 29.1 Å². The molecule has 1 aliphatic heterocycles. The zero-order chi connectivity index (χ0) is 23.4. The summed E-state index contributed by atoms with van der Waals surface area (Å²) >= 11 is 14.2. The van der Waals surface area contributed by atoms with Crippen molar-refractivity contribution in [2.45, 2.75) is 31.8 Å². The van der Waals surface area contributed by atoms with Crippen LogP contribution in [-0.4, -0.2) is 55.0 Å². The Morgan fingerprint density at radius 1 is 1.19 bits per heavy atom. The zero-order valence-corrected chi connectivity index (χ0v) is 20.6. The van der Waals surface area contributed by atoms with E-state index in [1.54, 1.807) is 23.1 Å². The highest BCUT2D eigenvalue weighted by Gasteiger charge is 2.25. The molecular formula is C23H26Cl2N4O2S. The normalized spacial score (nSPS) is 15.5. The molecule has 9 heteroatoms. The highest BCUT2D eigenvalue weighted by Crippen LogP contribution is 2.33. The molecule has 0 bridgehead atoms. The van der Waals surface area contributed by atoms with E-state index in [-0.39, 0.29) is 18.1 Å². The second-order valence-electron chi connectivity index (χ2n) is 7.92. The van der Waals surface area contributed by atoms with Crippen molar-refractivity contribution in [3.63, 3.8) is 0 Å². The predicted molar refractivity (Wildman–Crippen MR) is 131 cm³/mol. The average molecular weight is 493 g/mol. The van der Waals surface area contributed by atoms with Crippen LogP contribution in [0, 0.1) is 11.8 Å². The summed E-state index contributed by atoms with van der Waals surface area (Å²) in [5.74, 6) is 5.48. The minimum Gasteiger partial charge on any atom is -0.365 e. The van der Waals surface area contributed by atoms with Gasteiger partial charge in [0.1, 0.15) is 0 Å². The Kier molecular flexibility index (Phi) is 8.07. The Bertz CT molecular complexity index is 1070. The third kappa shape index (κ3) is 5.76. The lowest BCUT2D eigenvalue weighted by atomic mass is 10.0. The molecule has 1 aliphatic rings. The first kappa shape index (κ1) is 24.4. The van der Waals surface area contributed by atoms with Crippen LogP contribution in [0.25, 0.3) is 0 Å². The van der Waals surface area contributed by atoms with Gasteiger partial charge >= 0.3 is 6.03 Å². The molecule has 0 aliphatic carbocycles. The number of thiophene rings is 1. The lowest BCUT2D eigenvalue weighted by molar-refractivity contribution is 0.100. The number of nitrogens with zero attached hydrogens (tertiary/aromatic N) is 2. The van der Waals surface area contributed by atoms with Crippen molar-refractivity contribution in [1.29, 1.82) is 0 Å². The van der Waals surface area contributed by atoms with Crippen LogP contribution in [0.2, 0.25) is 10.0 Å². The van der Waals surface area contributed by atoms with Gasteiger partial charge in [0.2, 0.25) is 0 Å². The number of hydrogen-bond donors (Lipinski definition) is 2. The molecule has 3 N–H and O–H groups in total. The fourth-order valence-corrected chi connectivity index (χ4v) is 4.83. The number of piperidine rings is 1. The Labute approximate surface area is 202 Å². The van der Waals surface area contributed by atoms with Crippen molar-refractivity contribution in [1.82, 2.24) is 15.1 Å². The number of halogens is 2. The van der Waals surface area contributed by atoms with E-state index in [1.165, 1.54) is 11.3 Å². The number of urea groups is 1. The van der Waals surface area contributed by atoms with Crippen LogP contribution < -0.4 is 11.1 Å². The second-order valence-corrected chi connectivity index (χ2v) is 9.76. The quantitative estimate of drug-likeness (QED) is 0.622. The van der Waals surface area contributed by atoms with Gasteiger partial charge in [-0.15, -0.1) is 11.3 Å². The number of rotatable bonds is 4. The summed E-state index contributed by atoms with van der Waals surface area (Å²) in [7, 11) is 3.93. The highest BCUT2D eigenvalue weighted by atomic mass is 35.5. The van der Waals surface area contributed by atoms with Gasteiger partial charge < -0.3 is 20.9 Å². The van der Waals surface area contributed by atoms with E-state index in [1.807, 2.05) is 20.0 Å². The second kappa shape index (κ2) is 10.6. The predicted octanol–water partition coefficient (Wildman–Crippen LogP) is 4.35. The number of primary amides is 1. The molecule has 1 aromatic carbocycles. The molecule has 0 saturated carbocycles. The van der Waals surface area contributed by atoms with Gasteiger partial charge in [0, 0.05) is 18.7 Å². The third-order valence-electron chi connectivity index (χ3n) is 5.64. The Morgan fingerprint density at radius 2 is 1.88 bits per heavy atom. The number of carbonyl (C=O) groups excluding carboxylic acids is 2. The summed E-state index contributed by atoms with van der Waals surface area (Å²) in [6.45, 7) is 3.84. The first-order valence-corrected chi connectivity index (χ1v) is 11.9. The molecule has 6 nitrogen and oxygen atoms in total. The van der Waals surface area contributed by atoms with E-state index >= 15 is 0 Å². The van der Waals surface area contributed by atoms with Crippen molar-refractivity contribution < 1.29 is 9.59 Å². The molecule has 3 rings (SSSR count). The molecule has 1 atom stereocenters. The van der Waals surface area contributed by atoms with Gasteiger partial charge in [0.05, 0.1) is 25.8 Å². The number of amides is 3. The van der Waals surface area contributed by atoms with Gasteiger partial charge in [0.15, 0.2) is 0 Å². The van der Waals surface area contributed by atoms with Crippen molar-refractivity contribution >= 4 is 46.5 Å². The minimum atomic E-state index is -0.481. The topological polar surface area (TPSA) is 78.7 Å². The fourth-order valence-electron chi connectivity index (χ4n) is 3.57. The minimum absolute atomic E-state index is 0.133. The van der Waals surface area contributed by atoms with Crippen LogP contribution in [0.15, 0.2) is 24.3 Å². The molecule has 1 saturated heterocycles. The molecule has 0 radical (unpaired) electrons. The molecular weight excluding hydrogens is 467 g/mol. The van der Waals surface area contributed by atoms with Gasteiger partial charge in [-0.25, -0.2) is 4.79 Å². The molecule has 2 aromatic rings. The van der Waals surface area contributed by atoms with Crippen LogP contribution in [-0.2, 0) is 0 Å². The van der Waals surface area contributed by atoms with Crippen LogP contribution in [0.3, 0.4) is 0 Å². The van der Waals surface area contributed by atoms with E-state index < -0.39 is 5.91 Å². The maximum Gasteiger partial charge on any atom is 0.317 e. The van der Waals surface area contributed by atoms with Gasteiger partial charge in [0.25, 0.3) is 5.91 Å². The maximum absolute atomic E-state index is 12.8. The molecule has 1 unspecified atom stereocenters. The first-order chi connectivity index (χ1) is 15.2. The van der Waals surface area contributed by atoms with E-state index in [0.29, 0.717) is 25.4 Å². The summed E-state index contributed by atoms with van der Waals surface area (Å²) in [6.07, 6.45) is 1.92. The standard InChI is InChI=1S/C23H26Cl2N4O2S/c1-14(27-23(31)29(3)16-10-12-28(2)13-11-16)18-8-5-15(20(24)21(18)25)4-6-17-7-9-19(32-17)22(26)30/h5,7-9,14,16H,10-13H2,1-3H3,(H2,26,30)(H,27,31). The highest BCUT2D eigenvalue weighted by molar-refractivity contribution is 7.14. The summed E-state index contributed by atoms with van der Waals surface area (Å²) in [4.78, 5) is 29.2. The lowest BCUT2D eigenvalue weighted by Gasteiger charge is -2.35. The Hall–Kier alpha value is -2.24. The van der Waals surface area contributed by atoms with Gasteiger partial charge in [-0.2, -0.15) is 0 Å². The van der Waals surface area contributed by atoms with Crippen molar-refractivity contribution in [3.8, 4) is 11.8 Å². The van der Waals surface area contributed by atoms with Crippen LogP contribution >= 0.6 is 34.5 Å². The average Bonchev–Trinajstić information content (AvgIpc) is 3.24. The molecule has 1 fully saturated rings. The largest absolute Gasteiger partial charge is 0.365 e. The van der Waals surface area contributed by atoms with Gasteiger partial charge in [-0.05, 0) is 63.7 Å². The van der Waals surface area contributed by atoms with Crippen molar-refractivity contribution in [2.75, 3.05) is 27.2 Å². The van der Waals surface area contributed by atoms with E-state index in [4.69, 9.17) is 28.9 Å². The Balaban J connectivity index is 1.69. The zero-order valence-electron chi connectivity index (χ0n) is 18.2. The number of nitrogens with two attached hydrogens (primary N) is 1. The number of nitrogens with one attached hydrogen (secondary N) is 1. The maximum atomic E-state index is 12.8. The monoisotopic (exact) mass is 492 g/mol. The third-order valence-corrected chi connectivity index (χ3v) is 7.56. The van der Waals surface area contributed by atoms with Crippen molar-refractivity contribution in [2.24, 2.45) is 5.73 Å². The summed E-state index contributed by atoms with van der Waals surface area (Å²) in [5.41, 5.74) is 6.56. The van der Waals surface area contributed by atoms with E-state index in [0.717, 1.165) is 31.5 Å². The fraction of sp³-hybridized carbons (Fsp3) is 0.391. The molecule has 1 aromatic heterocycles. The smallest absolute Gasteiger partial charge is 0.317 e. The molecule has 32 heavy (non-hydrogen) atoms.